The molecule has 36 heavy (non-hydrogen) atoms. The molecule has 0 spiro atoms. The van der Waals surface area contributed by atoms with Gasteiger partial charge in [-0.25, -0.2) is 4.79 Å². The van der Waals surface area contributed by atoms with Crippen LogP contribution in [0.5, 0.6) is 0 Å². The summed E-state index contributed by atoms with van der Waals surface area (Å²) in [6, 6.07) is 5.20. The summed E-state index contributed by atoms with van der Waals surface area (Å²) in [5, 5.41) is 2.37. The van der Waals surface area contributed by atoms with Crippen molar-refractivity contribution in [2.75, 3.05) is 32.8 Å². The van der Waals surface area contributed by atoms with Gasteiger partial charge in [-0.1, -0.05) is 12.1 Å². The first kappa shape index (κ1) is 24.7. The van der Waals surface area contributed by atoms with E-state index in [9.17, 15) is 19.2 Å². The molecule has 1 aromatic carbocycles. The van der Waals surface area contributed by atoms with Gasteiger partial charge in [-0.3, -0.25) is 33.7 Å². The molecule has 4 heterocycles. The minimum absolute atomic E-state index is 0.232. The summed E-state index contributed by atoms with van der Waals surface area (Å²) < 4.78 is 9.35. The van der Waals surface area contributed by atoms with Gasteiger partial charge in [0.05, 0.1) is 17.1 Å². The van der Waals surface area contributed by atoms with E-state index >= 15 is 0 Å². The van der Waals surface area contributed by atoms with Crippen LogP contribution in [0, 0.1) is 5.92 Å². The van der Waals surface area contributed by atoms with Crippen LogP contribution in [-0.4, -0.2) is 76.0 Å². The van der Waals surface area contributed by atoms with E-state index in [1.807, 2.05) is 17.0 Å². The van der Waals surface area contributed by atoms with Gasteiger partial charge in [-0.15, -0.1) is 0 Å². The van der Waals surface area contributed by atoms with E-state index in [1.165, 1.54) is 0 Å². The molecule has 1 aromatic heterocycles. The van der Waals surface area contributed by atoms with Crippen LogP contribution in [0.1, 0.15) is 50.1 Å². The van der Waals surface area contributed by atoms with Gasteiger partial charge < -0.3 is 9.64 Å². The van der Waals surface area contributed by atoms with Gasteiger partial charge in [0.15, 0.2) is 0 Å². The van der Waals surface area contributed by atoms with Crippen LogP contribution in [0.2, 0.25) is 0 Å². The highest BCUT2D eigenvalue weighted by Gasteiger charge is 2.32. The largest absolute Gasteiger partial charge is 0.378 e. The average Bonchev–Trinajstić information content (AvgIpc) is 3.14. The van der Waals surface area contributed by atoms with Crippen molar-refractivity contribution in [1.82, 2.24) is 24.3 Å². The lowest BCUT2D eigenvalue weighted by atomic mass is 9.97. The van der Waals surface area contributed by atoms with Crippen molar-refractivity contribution in [2.24, 2.45) is 13.0 Å². The third-order valence-corrected chi connectivity index (χ3v) is 8.00. The Balaban J connectivity index is 1.22. The third-order valence-electron chi connectivity index (χ3n) is 8.00. The highest BCUT2D eigenvalue weighted by Crippen LogP contribution is 2.27. The van der Waals surface area contributed by atoms with Crippen LogP contribution >= 0.6 is 0 Å². The molecule has 10 heteroatoms. The van der Waals surface area contributed by atoms with Crippen LogP contribution in [0.25, 0.3) is 11.0 Å². The van der Waals surface area contributed by atoms with Crippen molar-refractivity contribution >= 4 is 29.3 Å². The molecule has 10 nitrogen and oxygen atoms in total. The monoisotopic (exact) mass is 497 g/mol. The minimum atomic E-state index is -0.671. The van der Waals surface area contributed by atoms with Gasteiger partial charge in [0, 0.05) is 39.7 Å². The number of nitrogens with one attached hydrogen (secondary N) is 1. The van der Waals surface area contributed by atoms with Gasteiger partial charge in [-0.2, -0.15) is 0 Å². The molecule has 2 aromatic rings. The van der Waals surface area contributed by atoms with Crippen molar-refractivity contribution in [2.45, 2.75) is 57.2 Å². The molecule has 3 saturated heterocycles. The molecule has 0 saturated carbocycles. The van der Waals surface area contributed by atoms with Gasteiger partial charge >= 0.3 is 5.69 Å². The van der Waals surface area contributed by atoms with Crippen molar-refractivity contribution in [1.29, 1.82) is 0 Å². The zero-order chi connectivity index (χ0) is 25.2. The molecule has 1 atom stereocenters. The summed E-state index contributed by atoms with van der Waals surface area (Å²) in [5.41, 5.74) is 2.41. The van der Waals surface area contributed by atoms with E-state index in [1.54, 1.807) is 16.2 Å². The topological polar surface area (TPSA) is 106 Å². The average molecular weight is 498 g/mol. The summed E-state index contributed by atoms with van der Waals surface area (Å²) in [5.74, 6) is -0.161. The number of nitrogens with zero attached hydrogens (tertiary/aromatic N) is 4. The molecule has 5 rings (SSSR count). The molecule has 1 unspecified atom stereocenters. The number of benzene rings is 1. The Morgan fingerprint density at radius 3 is 2.47 bits per heavy atom. The van der Waals surface area contributed by atoms with E-state index in [0.717, 1.165) is 88.0 Å². The molecule has 0 radical (unpaired) electrons. The van der Waals surface area contributed by atoms with Gasteiger partial charge in [0.1, 0.15) is 6.04 Å². The van der Waals surface area contributed by atoms with E-state index in [0.29, 0.717) is 12.3 Å². The SMILES string of the molecule is Cn1c(=O)n(C2CCC(=O)NC2=O)c2cccc(CN3CCC(COC4CCN(C=O)CC4)CC3)c21. The molecule has 3 fully saturated rings. The fraction of sp³-hybridized carbons (Fsp3) is 0.615. The highest BCUT2D eigenvalue weighted by atomic mass is 16.5. The van der Waals surface area contributed by atoms with Crippen LogP contribution in [0.3, 0.4) is 0 Å². The normalized spacial score (nSPS) is 22.8. The molecule has 3 amide bonds. The predicted molar refractivity (Wildman–Crippen MR) is 133 cm³/mol. The standard InChI is InChI=1S/C26H35N5O5/c1-28-24-19(3-2-4-21(24)31(26(28)35)22-5-6-23(33)27-25(22)34)15-29-11-7-18(8-12-29)16-36-20-9-13-30(17-32)14-10-20/h2-4,17-18,20,22H,5-16H2,1H3,(H,27,33,34). The first-order chi connectivity index (χ1) is 17.4. The minimum Gasteiger partial charge on any atom is -0.378 e. The number of hydrogen-bond acceptors (Lipinski definition) is 6. The summed E-state index contributed by atoms with van der Waals surface area (Å²) in [6.07, 6.45) is 5.71. The number of rotatable bonds is 7. The van der Waals surface area contributed by atoms with Gasteiger partial charge in [0.2, 0.25) is 18.2 Å². The van der Waals surface area contributed by atoms with Gasteiger partial charge in [0.25, 0.3) is 0 Å². The molecule has 3 aliphatic rings. The fourth-order valence-electron chi connectivity index (χ4n) is 5.85. The number of aryl methyl sites for hydroxylation is 1. The van der Waals surface area contributed by atoms with Crippen LogP contribution in [0.15, 0.2) is 23.0 Å². The number of ether oxygens (including phenoxy) is 1. The Kier molecular flexibility index (Phi) is 7.25. The lowest BCUT2D eigenvalue weighted by Crippen LogP contribution is -2.44. The van der Waals surface area contributed by atoms with E-state index < -0.39 is 11.9 Å². The third kappa shape index (κ3) is 4.97. The number of carbonyl (C=O) groups is 3. The Hall–Kier alpha value is -2.98. The van der Waals surface area contributed by atoms with Crippen LogP contribution in [-0.2, 0) is 32.7 Å². The Morgan fingerprint density at radius 1 is 1.03 bits per heavy atom. The molecule has 0 aliphatic carbocycles. The van der Waals surface area contributed by atoms with Gasteiger partial charge in [-0.05, 0) is 62.7 Å². The molecule has 3 aliphatic heterocycles. The van der Waals surface area contributed by atoms with E-state index in [-0.39, 0.29) is 24.1 Å². The quantitative estimate of drug-likeness (QED) is 0.455. The summed E-state index contributed by atoms with van der Waals surface area (Å²) in [7, 11) is 1.75. The second-order valence-electron chi connectivity index (χ2n) is 10.4. The number of para-hydroxylation sites is 1. The number of imide groups is 1. The number of carbonyl (C=O) groups excluding carboxylic acids is 3. The smallest absolute Gasteiger partial charge is 0.329 e. The van der Waals surface area contributed by atoms with Crippen molar-refractivity contribution < 1.29 is 19.1 Å². The molecule has 0 bridgehead atoms. The van der Waals surface area contributed by atoms with Crippen molar-refractivity contribution in [3.63, 3.8) is 0 Å². The number of amides is 3. The van der Waals surface area contributed by atoms with E-state index in [4.69, 9.17) is 4.74 Å². The Morgan fingerprint density at radius 2 is 1.78 bits per heavy atom. The second-order valence-corrected chi connectivity index (χ2v) is 10.4. The first-order valence-electron chi connectivity index (χ1n) is 13.0. The zero-order valence-electron chi connectivity index (χ0n) is 20.9. The van der Waals surface area contributed by atoms with Crippen molar-refractivity contribution in [3.8, 4) is 0 Å². The highest BCUT2D eigenvalue weighted by molar-refractivity contribution is 6.00. The number of hydrogen-bond donors (Lipinski definition) is 1. The Bertz CT molecular complexity index is 1190. The van der Waals surface area contributed by atoms with Crippen LogP contribution in [0.4, 0.5) is 0 Å². The maximum absolute atomic E-state index is 13.2. The molecule has 1 N–H and O–H groups in total. The van der Waals surface area contributed by atoms with E-state index in [2.05, 4.69) is 16.3 Å². The summed E-state index contributed by atoms with van der Waals surface area (Å²) in [6.45, 7) is 5.02. The molecule has 194 valence electrons. The summed E-state index contributed by atoms with van der Waals surface area (Å²) in [4.78, 5) is 52.3. The first-order valence-corrected chi connectivity index (χ1v) is 13.0. The maximum Gasteiger partial charge on any atom is 0.329 e. The fourth-order valence-corrected chi connectivity index (χ4v) is 5.85. The maximum atomic E-state index is 13.2. The number of fused-ring (bicyclic) bond motifs is 1. The number of aromatic nitrogens is 2. The molecular formula is C26H35N5O5. The lowest BCUT2D eigenvalue weighted by molar-refractivity contribution is -0.135. The van der Waals surface area contributed by atoms with Crippen LogP contribution < -0.4 is 11.0 Å². The number of piperidine rings is 3. The summed E-state index contributed by atoms with van der Waals surface area (Å²) >= 11 is 0. The van der Waals surface area contributed by atoms with Crippen molar-refractivity contribution in [3.05, 3.63) is 34.2 Å². The zero-order valence-corrected chi connectivity index (χ0v) is 20.9. The predicted octanol–water partition coefficient (Wildman–Crippen LogP) is 1.17. The number of likely N-dealkylation sites (tertiary alicyclic amines) is 2. The molecular weight excluding hydrogens is 462 g/mol. The lowest BCUT2D eigenvalue weighted by Gasteiger charge is -2.34. The second kappa shape index (κ2) is 10.6. The number of imidazole rings is 1. The Labute approximate surface area is 210 Å².